The first-order valence-corrected chi connectivity index (χ1v) is 7.38. The molecule has 18 heavy (non-hydrogen) atoms. The van der Waals surface area contributed by atoms with Crippen LogP contribution in [0.4, 0.5) is 0 Å². The lowest BCUT2D eigenvalue weighted by atomic mass is 10.1. The largest absolute Gasteiger partial charge is 0.481 e. The molecular formula is C15H31NO2. The molecular weight excluding hydrogens is 226 g/mol. The maximum atomic E-state index is 10.3. The Morgan fingerprint density at radius 1 is 0.889 bits per heavy atom. The van der Waals surface area contributed by atoms with Gasteiger partial charge in [0.15, 0.2) is 0 Å². The molecule has 0 aromatic heterocycles. The van der Waals surface area contributed by atoms with Crippen LogP contribution in [0.25, 0.3) is 0 Å². The zero-order valence-electron chi connectivity index (χ0n) is 12.4. The van der Waals surface area contributed by atoms with Crippen molar-refractivity contribution in [1.82, 2.24) is 5.32 Å². The van der Waals surface area contributed by atoms with Crippen molar-refractivity contribution in [3.63, 3.8) is 0 Å². The van der Waals surface area contributed by atoms with Gasteiger partial charge in [0, 0.05) is 12.0 Å². The maximum Gasteiger partial charge on any atom is 0.303 e. The van der Waals surface area contributed by atoms with Crippen molar-refractivity contribution in [2.45, 2.75) is 84.1 Å². The highest BCUT2D eigenvalue weighted by atomic mass is 16.4. The van der Waals surface area contributed by atoms with Crippen LogP contribution in [0.15, 0.2) is 0 Å². The normalized spacial score (nSPS) is 11.7. The van der Waals surface area contributed by atoms with Crippen molar-refractivity contribution in [3.8, 4) is 0 Å². The number of carbonyl (C=O) groups is 1. The van der Waals surface area contributed by atoms with E-state index in [-0.39, 0.29) is 5.54 Å². The summed E-state index contributed by atoms with van der Waals surface area (Å²) in [5.41, 5.74) is 0.240. The summed E-state index contributed by atoms with van der Waals surface area (Å²) < 4.78 is 0. The second kappa shape index (κ2) is 10.4. The molecule has 3 nitrogen and oxygen atoms in total. The van der Waals surface area contributed by atoms with Crippen molar-refractivity contribution < 1.29 is 9.90 Å². The maximum absolute atomic E-state index is 10.3. The number of rotatable bonds is 11. The minimum atomic E-state index is -0.665. The monoisotopic (exact) mass is 257 g/mol. The lowest BCUT2D eigenvalue weighted by molar-refractivity contribution is -0.137. The Bertz CT molecular complexity index is 209. The van der Waals surface area contributed by atoms with Crippen LogP contribution in [0, 0.1) is 0 Å². The summed E-state index contributed by atoms with van der Waals surface area (Å²) >= 11 is 0. The average Bonchev–Trinajstić information content (AvgIpc) is 2.24. The summed E-state index contributed by atoms with van der Waals surface area (Å²) in [6.45, 7) is 7.71. The highest BCUT2D eigenvalue weighted by Gasteiger charge is 2.06. The number of hydrogen-bond donors (Lipinski definition) is 2. The number of unbranched alkanes of at least 4 members (excludes halogenated alkanes) is 7. The smallest absolute Gasteiger partial charge is 0.303 e. The standard InChI is InChI=1S/C15H31NO2/c1-15(2,3)16-13-11-9-7-5-4-6-8-10-12-14(17)18/h16H,4-13H2,1-3H3,(H,17,18). The molecule has 0 atom stereocenters. The van der Waals surface area contributed by atoms with Gasteiger partial charge in [0.05, 0.1) is 0 Å². The van der Waals surface area contributed by atoms with Gasteiger partial charge in [-0.25, -0.2) is 0 Å². The first-order chi connectivity index (χ1) is 8.42. The van der Waals surface area contributed by atoms with Gasteiger partial charge < -0.3 is 10.4 Å². The Labute approximate surface area is 112 Å². The fourth-order valence-electron chi connectivity index (χ4n) is 1.93. The first-order valence-electron chi connectivity index (χ1n) is 7.38. The number of nitrogens with one attached hydrogen (secondary N) is 1. The Balaban J connectivity index is 3.06. The van der Waals surface area contributed by atoms with E-state index in [0.29, 0.717) is 6.42 Å². The Kier molecular flexibility index (Phi) is 10.0. The molecule has 0 aromatic carbocycles. The molecule has 3 heteroatoms. The van der Waals surface area contributed by atoms with E-state index in [2.05, 4.69) is 26.1 Å². The van der Waals surface area contributed by atoms with E-state index in [1.165, 1.54) is 38.5 Å². The van der Waals surface area contributed by atoms with Gasteiger partial charge in [-0.2, -0.15) is 0 Å². The van der Waals surface area contributed by atoms with Crippen molar-refractivity contribution in [3.05, 3.63) is 0 Å². The molecule has 0 rings (SSSR count). The highest BCUT2D eigenvalue weighted by Crippen LogP contribution is 2.09. The number of aliphatic carboxylic acids is 1. The van der Waals surface area contributed by atoms with Crippen molar-refractivity contribution in [1.29, 1.82) is 0 Å². The Morgan fingerprint density at radius 2 is 1.33 bits per heavy atom. The van der Waals surface area contributed by atoms with Crippen LogP contribution in [0.5, 0.6) is 0 Å². The molecule has 0 bridgehead atoms. The zero-order chi connectivity index (χ0) is 13.9. The van der Waals surface area contributed by atoms with Gasteiger partial charge in [0.1, 0.15) is 0 Å². The van der Waals surface area contributed by atoms with Gasteiger partial charge in [0.2, 0.25) is 0 Å². The van der Waals surface area contributed by atoms with E-state index in [1.807, 2.05) is 0 Å². The van der Waals surface area contributed by atoms with E-state index < -0.39 is 5.97 Å². The summed E-state index contributed by atoms with van der Waals surface area (Å²) in [7, 11) is 0. The molecule has 0 radical (unpaired) electrons. The number of carboxylic acids is 1. The third-order valence-electron chi connectivity index (χ3n) is 2.97. The second-order valence-electron chi connectivity index (χ2n) is 6.15. The second-order valence-corrected chi connectivity index (χ2v) is 6.15. The van der Waals surface area contributed by atoms with E-state index >= 15 is 0 Å². The van der Waals surface area contributed by atoms with Gasteiger partial charge in [-0.05, 0) is 40.2 Å². The molecule has 0 aliphatic rings. The molecule has 0 heterocycles. The van der Waals surface area contributed by atoms with Crippen LogP contribution in [0.1, 0.15) is 78.6 Å². The SMILES string of the molecule is CC(C)(C)NCCCCCCCCCCC(=O)O. The third-order valence-corrected chi connectivity index (χ3v) is 2.97. The van der Waals surface area contributed by atoms with Gasteiger partial charge in [0.25, 0.3) is 0 Å². The van der Waals surface area contributed by atoms with E-state index in [0.717, 1.165) is 19.4 Å². The van der Waals surface area contributed by atoms with E-state index in [9.17, 15) is 4.79 Å². The lowest BCUT2D eigenvalue weighted by Gasteiger charge is -2.20. The predicted molar refractivity (Wildman–Crippen MR) is 76.9 cm³/mol. The lowest BCUT2D eigenvalue weighted by Crippen LogP contribution is -2.36. The topological polar surface area (TPSA) is 49.3 Å². The molecule has 0 saturated heterocycles. The molecule has 0 unspecified atom stereocenters. The molecule has 0 aliphatic heterocycles. The number of carboxylic acid groups (broad SMARTS) is 1. The van der Waals surface area contributed by atoms with Crippen LogP contribution < -0.4 is 5.32 Å². The fourth-order valence-corrected chi connectivity index (χ4v) is 1.93. The third kappa shape index (κ3) is 15.4. The predicted octanol–water partition coefficient (Wildman–Crippen LogP) is 3.97. The van der Waals surface area contributed by atoms with Crippen LogP contribution in [-0.4, -0.2) is 23.2 Å². The van der Waals surface area contributed by atoms with Gasteiger partial charge in [-0.3, -0.25) is 4.79 Å². The van der Waals surface area contributed by atoms with Crippen molar-refractivity contribution in [2.75, 3.05) is 6.54 Å². The van der Waals surface area contributed by atoms with Crippen molar-refractivity contribution >= 4 is 5.97 Å². The molecule has 108 valence electrons. The zero-order valence-corrected chi connectivity index (χ0v) is 12.4. The Hall–Kier alpha value is -0.570. The van der Waals surface area contributed by atoms with E-state index in [4.69, 9.17) is 5.11 Å². The van der Waals surface area contributed by atoms with Crippen LogP contribution in [0.3, 0.4) is 0 Å². The minimum Gasteiger partial charge on any atom is -0.481 e. The summed E-state index contributed by atoms with van der Waals surface area (Å²) in [6, 6.07) is 0. The van der Waals surface area contributed by atoms with Crippen molar-refractivity contribution in [2.24, 2.45) is 0 Å². The summed E-state index contributed by atoms with van der Waals surface area (Å²) in [4.78, 5) is 10.3. The molecule has 0 fully saturated rings. The summed E-state index contributed by atoms with van der Waals surface area (Å²) in [5, 5.41) is 12.0. The molecule has 0 saturated carbocycles. The first kappa shape index (κ1) is 17.4. The van der Waals surface area contributed by atoms with Gasteiger partial charge in [-0.1, -0.05) is 38.5 Å². The average molecular weight is 257 g/mol. The quantitative estimate of drug-likeness (QED) is 0.551. The molecule has 0 aromatic rings. The van der Waals surface area contributed by atoms with Crippen LogP contribution in [0.2, 0.25) is 0 Å². The fraction of sp³-hybridized carbons (Fsp3) is 0.933. The highest BCUT2D eigenvalue weighted by molar-refractivity contribution is 5.66. The molecule has 0 aliphatic carbocycles. The summed E-state index contributed by atoms with van der Waals surface area (Å²) in [6.07, 6.45) is 9.85. The van der Waals surface area contributed by atoms with Crippen LogP contribution in [-0.2, 0) is 4.79 Å². The molecule has 2 N–H and O–H groups in total. The molecule has 0 spiro atoms. The van der Waals surface area contributed by atoms with E-state index in [1.54, 1.807) is 0 Å². The molecule has 0 amide bonds. The summed E-state index contributed by atoms with van der Waals surface area (Å²) in [5.74, 6) is -0.665. The number of hydrogen-bond acceptors (Lipinski definition) is 2. The minimum absolute atomic E-state index is 0.240. The van der Waals surface area contributed by atoms with Crippen LogP contribution >= 0.6 is 0 Å². The van der Waals surface area contributed by atoms with Gasteiger partial charge >= 0.3 is 5.97 Å². The van der Waals surface area contributed by atoms with Gasteiger partial charge in [-0.15, -0.1) is 0 Å². The Morgan fingerprint density at radius 3 is 1.78 bits per heavy atom.